The first-order valence-corrected chi connectivity index (χ1v) is 7.17. The van der Waals surface area contributed by atoms with Crippen molar-refractivity contribution in [3.05, 3.63) is 0 Å². The number of hydrogen-bond donors (Lipinski definition) is 3. The quantitative estimate of drug-likeness (QED) is 0.562. The van der Waals surface area contributed by atoms with Gasteiger partial charge >= 0.3 is 12.0 Å². The zero-order chi connectivity index (χ0) is 15.2. The Hall–Kier alpha value is -1.30. The van der Waals surface area contributed by atoms with E-state index in [0.717, 1.165) is 12.8 Å². The molecule has 0 heterocycles. The standard InChI is InChI=1S/C14H26N2O4/c1-10(2)14(6-7-14)9-15-13(19)16-11(12(17)18)5-4-8-20-3/h10-11H,4-9H2,1-3H3,(H,17,18)(H2,15,16,19). The first-order chi connectivity index (χ1) is 9.41. The predicted octanol–water partition coefficient (Wildman–Crippen LogP) is 1.60. The highest BCUT2D eigenvalue weighted by atomic mass is 16.5. The molecule has 0 aromatic carbocycles. The lowest BCUT2D eigenvalue weighted by Gasteiger charge is -2.21. The molecule has 0 aromatic heterocycles. The minimum absolute atomic E-state index is 0.214. The molecule has 20 heavy (non-hydrogen) atoms. The Morgan fingerprint density at radius 2 is 2.00 bits per heavy atom. The molecular formula is C14H26N2O4. The van der Waals surface area contributed by atoms with Crippen LogP contribution in [0.4, 0.5) is 4.79 Å². The van der Waals surface area contributed by atoms with Gasteiger partial charge in [-0.05, 0) is 37.0 Å². The smallest absolute Gasteiger partial charge is 0.326 e. The Labute approximate surface area is 120 Å². The Kier molecular flexibility index (Phi) is 6.26. The second-order valence-corrected chi connectivity index (χ2v) is 5.87. The summed E-state index contributed by atoms with van der Waals surface area (Å²) < 4.78 is 4.88. The van der Waals surface area contributed by atoms with Crippen LogP contribution >= 0.6 is 0 Å². The number of aliphatic carboxylic acids is 1. The molecule has 6 heteroatoms. The summed E-state index contributed by atoms with van der Waals surface area (Å²) in [6.45, 7) is 5.40. The average molecular weight is 286 g/mol. The van der Waals surface area contributed by atoms with Gasteiger partial charge in [0.1, 0.15) is 6.04 Å². The second-order valence-electron chi connectivity index (χ2n) is 5.87. The maximum atomic E-state index is 11.8. The molecule has 0 bridgehead atoms. The summed E-state index contributed by atoms with van der Waals surface area (Å²) in [7, 11) is 1.57. The third-order valence-corrected chi connectivity index (χ3v) is 4.16. The van der Waals surface area contributed by atoms with E-state index in [0.29, 0.717) is 31.9 Å². The number of ether oxygens (including phenoxy) is 1. The van der Waals surface area contributed by atoms with Gasteiger partial charge in [-0.25, -0.2) is 9.59 Å². The number of carbonyl (C=O) groups is 2. The maximum absolute atomic E-state index is 11.8. The van der Waals surface area contributed by atoms with E-state index >= 15 is 0 Å². The van der Waals surface area contributed by atoms with Gasteiger partial charge in [0.25, 0.3) is 0 Å². The third kappa shape index (κ3) is 5.00. The van der Waals surface area contributed by atoms with Gasteiger partial charge < -0.3 is 20.5 Å². The number of urea groups is 1. The van der Waals surface area contributed by atoms with Crippen LogP contribution in [0.2, 0.25) is 0 Å². The van der Waals surface area contributed by atoms with Crippen molar-refractivity contribution in [2.75, 3.05) is 20.3 Å². The van der Waals surface area contributed by atoms with E-state index in [-0.39, 0.29) is 5.41 Å². The number of carboxylic acid groups (broad SMARTS) is 1. The normalized spacial score (nSPS) is 17.6. The fourth-order valence-electron chi connectivity index (χ4n) is 2.27. The van der Waals surface area contributed by atoms with Crippen molar-refractivity contribution in [1.29, 1.82) is 0 Å². The molecule has 6 nitrogen and oxygen atoms in total. The molecule has 1 atom stereocenters. The fraction of sp³-hybridized carbons (Fsp3) is 0.857. The first kappa shape index (κ1) is 16.8. The largest absolute Gasteiger partial charge is 0.480 e. The van der Waals surface area contributed by atoms with Crippen molar-refractivity contribution in [1.82, 2.24) is 10.6 Å². The van der Waals surface area contributed by atoms with Crippen molar-refractivity contribution in [2.45, 2.75) is 45.6 Å². The van der Waals surface area contributed by atoms with E-state index < -0.39 is 18.0 Å². The van der Waals surface area contributed by atoms with Gasteiger partial charge in [-0.3, -0.25) is 0 Å². The molecule has 116 valence electrons. The van der Waals surface area contributed by atoms with Gasteiger partial charge in [-0.2, -0.15) is 0 Å². The molecule has 0 saturated heterocycles. The van der Waals surface area contributed by atoms with Crippen molar-refractivity contribution >= 4 is 12.0 Å². The molecule has 0 spiro atoms. The van der Waals surface area contributed by atoms with Crippen LogP contribution in [0.1, 0.15) is 39.5 Å². The van der Waals surface area contributed by atoms with Crippen molar-refractivity contribution < 1.29 is 19.4 Å². The van der Waals surface area contributed by atoms with Crippen molar-refractivity contribution in [3.8, 4) is 0 Å². The van der Waals surface area contributed by atoms with Crippen molar-refractivity contribution in [3.63, 3.8) is 0 Å². The molecule has 0 aromatic rings. The zero-order valence-electron chi connectivity index (χ0n) is 12.6. The second kappa shape index (κ2) is 7.47. The summed E-state index contributed by atoms with van der Waals surface area (Å²) in [6.07, 6.45) is 3.22. The first-order valence-electron chi connectivity index (χ1n) is 7.17. The summed E-state index contributed by atoms with van der Waals surface area (Å²) in [5.74, 6) is -0.485. The highest BCUT2D eigenvalue weighted by Gasteiger charge is 2.45. The Morgan fingerprint density at radius 3 is 2.45 bits per heavy atom. The van der Waals surface area contributed by atoms with Crippen LogP contribution in [0, 0.1) is 11.3 Å². The highest BCUT2D eigenvalue weighted by Crippen LogP contribution is 2.51. The molecule has 1 unspecified atom stereocenters. The molecular weight excluding hydrogens is 260 g/mol. The topological polar surface area (TPSA) is 87.7 Å². The van der Waals surface area contributed by atoms with Gasteiger partial charge in [0.2, 0.25) is 0 Å². The number of nitrogens with one attached hydrogen (secondary N) is 2. The fourth-order valence-corrected chi connectivity index (χ4v) is 2.27. The molecule has 1 aliphatic carbocycles. The molecule has 1 rings (SSSR count). The minimum atomic E-state index is -1.01. The number of amides is 2. The summed E-state index contributed by atoms with van der Waals surface area (Å²) in [5.41, 5.74) is 0.214. The number of hydrogen-bond acceptors (Lipinski definition) is 3. The van der Waals surface area contributed by atoms with Crippen LogP contribution in [0.25, 0.3) is 0 Å². The van der Waals surface area contributed by atoms with E-state index in [1.54, 1.807) is 7.11 Å². The molecule has 0 aliphatic heterocycles. The zero-order valence-corrected chi connectivity index (χ0v) is 12.6. The lowest BCUT2D eigenvalue weighted by molar-refractivity contribution is -0.139. The van der Waals surface area contributed by atoms with Crippen LogP contribution in [0.15, 0.2) is 0 Å². The SMILES string of the molecule is COCCCC(NC(=O)NCC1(C(C)C)CC1)C(=O)O. The van der Waals surface area contributed by atoms with E-state index in [1.165, 1.54) is 0 Å². The highest BCUT2D eigenvalue weighted by molar-refractivity contribution is 5.82. The number of carbonyl (C=O) groups excluding carboxylic acids is 1. The van der Waals surface area contributed by atoms with Crippen LogP contribution in [-0.4, -0.2) is 43.4 Å². The third-order valence-electron chi connectivity index (χ3n) is 4.16. The number of methoxy groups -OCH3 is 1. The monoisotopic (exact) mass is 286 g/mol. The molecule has 1 saturated carbocycles. The van der Waals surface area contributed by atoms with E-state index in [2.05, 4.69) is 24.5 Å². The van der Waals surface area contributed by atoms with Gasteiger partial charge in [-0.15, -0.1) is 0 Å². The summed E-state index contributed by atoms with van der Waals surface area (Å²) in [5, 5.41) is 14.4. The maximum Gasteiger partial charge on any atom is 0.326 e. The summed E-state index contributed by atoms with van der Waals surface area (Å²) >= 11 is 0. The van der Waals surface area contributed by atoms with Gasteiger partial charge in [0, 0.05) is 20.3 Å². The number of carboxylic acids is 1. The number of rotatable bonds is 9. The van der Waals surface area contributed by atoms with E-state index in [9.17, 15) is 9.59 Å². The van der Waals surface area contributed by atoms with E-state index in [1.807, 2.05) is 0 Å². The van der Waals surface area contributed by atoms with Crippen molar-refractivity contribution in [2.24, 2.45) is 11.3 Å². The lowest BCUT2D eigenvalue weighted by Crippen LogP contribution is -2.47. The molecule has 1 fully saturated rings. The Balaban J connectivity index is 2.33. The van der Waals surface area contributed by atoms with Crippen LogP contribution in [-0.2, 0) is 9.53 Å². The van der Waals surface area contributed by atoms with Gasteiger partial charge in [-0.1, -0.05) is 13.8 Å². The van der Waals surface area contributed by atoms with Gasteiger partial charge in [0.05, 0.1) is 0 Å². The Morgan fingerprint density at radius 1 is 1.35 bits per heavy atom. The summed E-state index contributed by atoms with van der Waals surface area (Å²) in [6, 6.07) is -1.26. The van der Waals surface area contributed by atoms with Crippen LogP contribution < -0.4 is 10.6 Å². The lowest BCUT2D eigenvalue weighted by atomic mass is 9.92. The minimum Gasteiger partial charge on any atom is -0.480 e. The van der Waals surface area contributed by atoms with Crippen LogP contribution in [0.5, 0.6) is 0 Å². The summed E-state index contributed by atoms with van der Waals surface area (Å²) in [4.78, 5) is 22.8. The molecule has 1 aliphatic rings. The van der Waals surface area contributed by atoms with Crippen LogP contribution in [0.3, 0.4) is 0 Å². The molecule has 0 radical (unpaired) electrons. The van der Waals surface area contributed by atoms with Gasteiger partial charge in [0.15, 0.2) is 0 Å². The molecule has 3 N–H and O–H groups in total. The molecule has 2 amide bonds. The Bertz CT molecular complexity index is 340. The van der Waals surface area contributed by atoms with E-state index in [4.69, 9.17) is 9.84 Å². The average Bonchev–Trinajstić information content (AvgIpc) is 3.16. The predicted molar refractivity (Wildman–Crippen MR) is 75.6 cm³/mol.